The number of methoxy groups -OCH3 is 1. The van der Waals surface area contributed by atoms with Gasteiger partial charge in [-0.25, -0.2) is 0 Å². The molecule has 3 nitrogen and oxygen atoms in total. The molecule has 0 aromatic rings. The predicted octanol–water partition coefficient (Wildman–Crippen LogP) is 1.46. The molecule has 1 N–H and O–H groups in total. The van der Waals surface area contributed by atoms with E-state index in [0.29, 0.717) is 6.61 Å². The number of hydrogen-bond acceptors (Lipinski definition) is 3. The molecule has 0 aromatic heterocycles. The molecular weight excluding hydrogens is 202 g/mol. The van der Waals surface area contributed by atoms with Gasteiger partial charge in [0.1, 0.15) is 0 Å². The molecule has 0 spiro atoms. The Balaban J connectivity index is 0.00000169. The number of ether oxygens (including phenoxy) is 2. The summed E-state index contributed by atoms with van der Waals surface area (Å²) in [4.78, 5) is 0. The molecule has 0 saturated carbocycles. The van der Waals surface area contributed by atoms with Crippen molar-refractivity contribution in [1.82, 2.24) is 5.32 Å². The molecule has 1 fully saturated rings. The highest BCUT2D eigenvalue weighted by molar-refractivity contribution is 5.85. The van der Waals surface area contributed by atoms with Gasteiger partial charge in [-0.1, -0.05) is 0 Å². The van der Waals surface area contributed by atoms with E-state index in [1.807, 2.05) is 0 Å². The van der Waals surface area contributed by atoms with Gasteiger partial charge in [-0.15, -0.1) is 12.4 Å². The zero-order chi connectivity index (χ0) is 9.36. The molecule has 1 saturated heterocycles. The van der Waals surface area contributed by atoms with Crippen LogP contribution < -0.4 is 5.32 Å². The van der Waals surface area contributed by atoms with Crippen LogP contribution in [-0.4, -0.2) is 40.0 Å². The molecule has 1 aliphatic heterocycles. The minimum atomic E-state index is 0. The lowest BCUT2D eigenvalue weighted by Crippen LogP contribution is -2.30. The lowest BCUT2D eigenvalue weighted by atomic mass is 9.97. The van der Waals surface area contributed by atoms with Crippen LogP contribution in [0.15, 0.2) is 0 Å². The third-order valence-corrected chi connectivity index (χ3v) is 2.50. The molecule has 0 aromatic carbocycles. The van der Waals surface area contributed by atoms with Crippen molar-refractivity contribution < 1.29 is 9.47 Å². The summed E-state index contributed by atoms with van der Waals surface area (Å²) >= 11 is 0. The van der Waals surface area contributed by atoms with E-state index in [4.69, 9.17) is 9.47 Å². The maximum Gasteiger partial charge on any atom is 0.0700 e. The van der Waals surface area contributed by atoms with E-state index >= 15 is 0 Å². The first-order valence-corrected chi connectivity index (χ1v) is 5.21. The fourth-order valence-corrected chi connectivity index (χ4v) is 1.66. The number of halogens is 1. The van der Waals surface area contributed by atoms with Gasteiger partial charge in [-0.05, 0) is 38.3 Å². The molecule has 0 bridgehead atoms. The van der Waals surface area contributed by atoms with Crippen LogP contribution >= 0.6 is 12.4 Å². The zero-order valence-electron chi connectivity index (χ0n) is 8.96. The molecule has 14 heavy (non-hydrogen) atoms. The maximum absolute atomic E-state index is 5.42. The number of hydrogen-bond donors (Lipinski definition) is 1. The average Bonchev–Trinajstić information content (AvgIpc) is 2.19. The fourth-order valence-electron chi connectivity index (χ4n) is 1.66. The second kappa shape index (κ2) is 9.71. The fraction of sp³-hybridized carbons (Fsp3) is 1.00. The van der Waals surface area contributed by atoms with E-state index in [2.05, 4.69) is 5.32 Å². The average molecular weight is 224 g/mol. The summed E-state index contributed by atoms with van der Waals surface area (Å²) in [6.45, 7) is 4.70. The molecule has 1 heterocycles. The summed E-state index contributed by atoms with van der Waals surface area (Å²) in [6, 6.07) is 0. The van der Waals surface area contributed by atoms with Crippen molar-refractivity contribution in [1.29, 1.82) is 0 Å². The van der Waals surface area contributed by atoms with Crippen LogP contribution in [0.25, 0.3) is 0 Å². The van der Waals surface area contributed by atoms with E-state index in [-0.39, 0.29) is 12.4 Å². The van der Waals surface area contributed by atoms with E-state index in [0.717, 1.165) is 19.1 Å². The van der Waals surface area contributed by atoms with Gasteiger partial charge >= 0.3 is 0 Å². The van der Waals surface area contributed by atoms with Crippen molar-refractivity contribution in [2.45, 2.75) is 19.3 Å². The summed E-state index contributed by atoms with van der Waals surface area (Å²) in [5.41, 5.74) is 0. The number of piperidine rings is 1. The maximum atomic E-state index is 5.42. The van der Waals surface area contributed by atoms with E-state index < -0.39 is 0 Å². The normalized spacial score (nSPS) is 21.6. The Bertz CT molecular complexity index is 119. The van der Waals surface area contributed by atoms with Crippen molar-refractivity contribution >= 4 is 12.4 Å². The highest BCUT2D eigenvalue weighted by Crippen LogP contribution is 2.13. The molecule has 86 valence electrons. The molecule has 1 atom stereocenters. The highest BCUT2D eigenvalue weighted by atomic mass is 35.5. The quantitative estimate of drug-likeness (QED) is 0.692. The van der Waals surface area contributed by atoms with E-state index in [1.54, 1.807) is 7.11 Å². The van der Waals surface area contributed by atoms with Crippen LogP contribution in [0.3, 0.4) is 0 Å². The van der Waals surface area contributed by atoms with Crippen LogP contribution in [-0.2, 0) is 9.47 Å². The smallest absolute Gasteiger partial charge is 0.0700 e. The zero-order valence-corrected chi connectivity index (χ0v) is 9.78. The monoisotopic (exact) mass is 223 g/mol. The van der Waals surface area contributed by atoms with Crippen LogP contribution in [0.1, 0.15) is 19.3 Å². The van der Waals surface area contributed by atoms with Gasteiger partial charge in [0.05, 0.1) is 13.2 Å². The van der Waals surface area contributed by atoms with Crippen molar-refractivity contribution in [3.8, 4) is 0 Å². The minimum Gasteiger partial charge on any atom is -0.382 e. The number of rotatable bonds is 6. The molecule has 0 aliphatic carbocycles. The topological polar surface area (TPSA) is 30.5 Å². The standard InChI is InChI=1S/C10H21NO2.ClH/c1-12-7-8-13-6-4-10-3-2-5-11-9-10;/h10-11H,2-9H2,1H3;1H. The molecule has 0 radical (unpaired) electrons. The largest absolute Gasteiger partial charge is 0.382 e. The molecule has 1 aliphatic rings. The summed E-state index contributed by atoms with van der Waals surface area (Å²) in [6.07, 6.45) is 3.88. The second-order valence-corrected chi connectivity index (χ2v) is 3.61. The second-order valence-electron chi connectivity index (χ2n) is 3.61. The summed E-state index contributed by atoms with van der Waals surface area (Å²) in [7, 11) is 1.70. The molecule has 1 rings (SSSR count). The minimum absolute atomic E-state index is 0. The molecule has 1 unspecified atom stereocenters. The first-order valence-electron chi connectivity index (χ1n) is 5.21. The summed E-state index contributed by atoms with van der Waals surface area (Å²) < 4.78 is 10.3. The summed E-state index contributed by atoms with van der Waals surface area (Å²) in [5.74, 6) is 0.830. The predicted molar refractivity (Wildman–Crippen MR) is 60.2 cm³/mol. The Morgan fingerprint density at radius 2 is 2.14 bits per heavy atom. The van der Waals surface area contributed by atoms with Crippen LogP contribution in [0.5, 0.6) is 0 Å². The van der Waals surface area contributed by atoms with Gasteiger partial charge in [0.15, 0.2) is 0 Å². The third-order valence-electron chi connectivity index (χ3n) is 2.50. The van der Waals surface area contributed by atoms with E-state index in [9.17, 15) is 0 Å². The third kappa shape index (κ3) is 6.60. The molecule has 0 amide bonds. The van der Waals surface area contributed by atoms with E-state index in [1.165, 1.54) is 32.4 Å². The van der Waals surface area contributed by atoms with Crippen molar-refractivity contribution in [3.05, 3.63) is 0 Å². The van der Waals surface area contributed by atoms with Crippen molar-refractivity contribution in [2.75, 3.05) is 40.0 Å². The van der Waals surface area contributed by atoms with Gasteiger partial charge in [0.2, 0.25) is 0 Å². The Labute approximate surface area is 92.9 Å². The first-order chi connectivity index (χ1) is 6.43. The van der Waals surface area contributed by atoms with Crippen LogP contribution in [0, 0.1) is 5.92 Å². The van der Waals surface area contributed by atoms with Gasteiger partial charge in [-0.2, -0.15) is 0 Å². The number of nitrogens with one attached hydrogen (secondary N) is 1. The Morgan fingerprint density at radius 1 is 1.29 bits per heavy atom. The van der Waals surface area contributed by atoms with Gasteiger partial charge in [0.25, 0.3) is 0 Å². The van der Waals surface area contributed by atoms with Gasteiger partial charge < -0.3 is 14.8 Å². The first kappa shape index (κ1) is 14.2. The van der Waals surface area contributed by atoms with Crippen LogP contribution in [0.2, 0.25) is 0 Å². The highest BCUT2D eigenvalue weighted by Gasteiger charge is 2.11. The van der Waals surface area contributed by atoms with Crippen molar-refractivity contribution in [2.24, 2.45) is 5.92 Å². The summed E-state index contributed by atoms with van der Waals surface area (Å²) in [5, 5.41) is 3.41. The van der Waals surface area contributed by atoms with Crippen molar-refractivity contribution in [3.63, 3.8) is 0 Å². The molecule has 4 heteroatoms. The Hall–Kier alpha value is 0.170. The van der Waals surface area contributed by atoms with Gasteiger partial charge in [0, 0.05) is 13.7 Å². The van der Waals surface area contributed by atoms with Gasteiger partial charge in [-0.3, -0.25) is 0 Å². The lowest BCUT2D eigenvalue weighted by Gasteiger charge is -2.22. The van der Waals surface area contributed by atoms with Crippen LogP contribution in [0.4, 0.5) is 0 Å². The lowest BCUT2D eigenvalue weighted by molar-refractivity contribution is 0.0621. The SMILES string of the molecule is COCCOCCC1CCCNC1.Cl. The Kier molecular flexibility index (Phi) is 9.83. The Morgan fingerprint density at radius 3 is 2.79 bits per heavy atom. The molecular formula is C10H22ClNO2.